The summed E-state index contributed by atoms with van der Waals surface area (Å²) in [5, 5.41) is 0. The minimum atomic E-state index is -3.67. The zero-order chi connectivity index (χ0) is 21.2. The number of aryl methyl sites for hydroxylation is 1. The maximum Gasteiger partial charge on any atom is 0.243 e. The molecule has 1 aliphatic rings. The lowest BCUT2D eigenvalue weighted by molar-refractivity contribution is -0.105. The van der Waals surface area contributed by atoms with Crippen LogP contribution in [0.1, 0.15) is 23.6 Å². The van der Waals surface area contributed by atoms with Gasteiger partial charge in [0.05, 0.1) is 17.5 Å². The molecule has 0 spiro atoms. The van der Waals surface area contributed by atoms with E-state index in [0.717, 1.165) is 16.7 Å². The van der Waals surface area contributed by atoms with Gasteiger partial charge in [0, 0.05) is 6.54 Å². The molecule has 1 heterocycles. The van der Waals surface area contributed by atoms with Crippen molar-refractivity contribution in [2.75, 3.05) is 13.2 Å². The second-order valence-corrected chi connectivity index (χ2v) is 10.0. The van der Waals surface area contributed by atoms with E-state index in [1.54, 1.807) is 16.4 Å². The highest BCUT2D eigenvalue weighted by Gasteiger charge is 2.44. The Morgan fingerprint density at radius 2 is 1.53 bits per heavy atom. The molecule has 0 amide bonds. The molecular formula is C25H27NO3S. The Hall–Kier alpha value is -2.47. The lowest BCUT2D eigenvalue weighted by Gasteiger charge is -2.44. The van der Waals surface area contributed by atoms with E-state index in [9.17, 15) is 8.42 Å². The maximum absolute atomic E-state index is 13.7. The minimum absolute atomic E-state index is 0.268. The Balaban J connectivity index is 1.71. The van der Waals surface area contributed by atoms with Gasteiger partial charge in [0.25, 0.3) is 0 Å². The Morgan fingerprint density at radius 3 is 2.17 bits per heavy atom. The van der Waals surface area contributed by atoms with Crippen LogP contribution in [-0.2, 0) is 26.8 Å². The molecular weight excluding hydrogens is 394 g/mol. The molecule has 2 atom stereocenters. The second-order valence-electron chi connectivity index (χ2n) is 8.11. The number of sulfonamides is 1. The van der Waals surface area contributed by atoms with Crippen molar-refractivity contribution in [1.29, 1.82) is 0 Å². The molecule has 0 bridgehead atoms. The third-order valence-corrected chi connectivity index (χ3v) is 7.70. The van der Waals surface area contributed by atoms with Crippen molar-refractivity contribution in [3.8, 4) is 0 Å². The average Bonchev–Trinajstić information content (AvgIpc) is 2.77. The van der Waals surface area contributed by atoms with Gasteiger partial charge in [0.2, 0.25) is 10.0 Å². The number of nitrogens with zero attached hydrogens (tertiary/aromatic N) is 1. The molecule has 3 aromatic carbocycles. The number of ether oxygens (including phenoxy) is 1. The number of morpholine rings is 1. The first-order valence-electron chi connectivity index (χ1n) is 10.2. The molecule has 0 aliphatic carbocycles. The van der Waals surface area contributed by atoms with Crippen LogP contribution in [0.3, 0.4) is 0 Å². The maximum atomic E-state index is 13.7. The Morgan fingerprint density at radius 1 is 0.933 bits per heavy atom. The smallest absolute Gasteiger partial charge is 0.243 e. The normalized spacial score (nSPS) is 22.7. The second kappa shape index (κ2) is 8.34. The van der Waals surface area contributed by atoms with Gasteiger partial charge >= 0.3 is 0 Å². The first-order valence-corrected chi connectivity index (χ1v) is 11.6. The van der Waals surface area contributed by atoms with E-state index in [1.165, 1.54) is 0 Å². The summed E-state index contributed by atoms with van der Waals surface area (Å²) in [5.74, 6) is 0. The molecule has 1 saturated heterocycles. The summed E-state index contributed by atoms with van der Waals surface area (Å²) in [5.41, 5.74) is 2.41. The summed E-state index contributed by atoms with van der Waals surface area (Å²) in [6.45, 7) is 4.53. The monoisotopic (exact) mass is 421 g/mol. The van der Waals surface area contributed by atoms with Crippen LogP contribution in [-0.4, -0.2) is 31.9 Å². The molecule has 0 radical (unpaired) electrons. The van der Waals surface area contributed by atoms with Crippen molar-refractivity contribution < 1.29 is 13.2 Å². The number of hydrogen-bond acceptors (Lipinski definition) is 3. The molecule has 4 nitrogen and oxygen atoms in total. The summed E-state index contributed by atoms with van der Waals surface area (Å²) in [4.78, 5) is 0.323. The quantitative estimate of drug-likeness (QED) is 0.608. The lowest BCUT2D eigenvalue weighted by atomic mass is 9.93. The first kappa shape index (κ1) is 20.8. The zero-order valence-corrected chi connectivity index (χ0v) is 18.2. The predicted octanol–water partition coefficient (Wildman–Crippen LogP) is 4.54. The molecule has 0 unspecified atom stereocenters. The third kappa shape index (κ3) is 4.19. The van der Waals surface area contributed by atoms with Gasteiger partial charge in [-0.3, -0.25) is 0 Å². The average molecular weight is 422 g/mol. The van der Waals surface area contributed by atoms with Gasteiger partial charge < -0.3 is 4.74 Å². The zero-order valence-electron chi connectivity index (χ0n) is 17.4. The fraction of sp³-hybridized carbons (Fsp3) is 0.280. The van der Waals surface area contributed by atoms with Crippen LogP contribution < -0.4 is 0 Å². The van der Waals surface area contributed by atoms with Crippen LogP contribution in [0.25, 0.3) is 0 Å². The Kier molecular flexibility index (Phi) is 5.78. The van der Waals surface area contributed by atoms with Crippen LogP contribution in [0.5, 0.6) is 0 Å². The Bertz CT molecular complexity index is 1080. The van der Waals surface area contributed by atoms with E-state index in [4.69, 9.17) is 4.74 Å². The number of rotatable bonds is 5. The van der Waals surface area contributed by atoms with Crippen LogP contribution in [0.4, 0.5) is 0 Å². The van der Waals surface area contributed by atoms with Gasteiger partial charge in [0.15, 0.2) is 0 Å². The highest BCUT2D eigenvalue weighted by molar-refractivity contribution is 7.89. The minimum Gasteiger partial charge on any atom is -0.368 e. The largest absolute Gasteiger partial charge is 0.368 e. The molecule has 0 aromatic heterocycles. The van der Waals surface area contributed by atoms with Crippen LogP contribution in [0.15, 0.2) is 89.8 Å². The van der Waals surface area contributed by atoms with Gasteiger partial charge in [-0.25, -0.2) is 8.42 Å². The summed E-state index contributed by atoms with van der Waals surface area (Å²) in [6, 6.07) is 26.6. The van der Waals surface area contributed by atoms with Gasteiger partial charge in [-0.1, -0.05) is 78.4 Å². The SMILES string of the molecule is Cc1ccc(S(=O)(=O)N2C[C@](C)(c3ccccc3)OC[C@@H]2Cc2ccccc2)cc1. The van der Waals surface area contributed by atoms with Crippen molar-refractivity contribution in [1.82, 2.24) is 4.31 Å². The molecule has 4 rings (SSSR count). The lowest BCUT2D eigenvalue weighted by Crippen LogP contribution is -2.56. The molecule has 156 valence electrons. The van der Waals surface area contributed by atoms with Crippen LogP contribution in [0.2, 0.25) is 0 Å². The van der Waals surface area contributed by atoms with Crippen molar-refractivity contribution in [3.63, 3.8) is 0 Å². The van der Waals surface area contributed by atoms with E-state index >= 15 is 0 Å². The van der Waals surface area contributed by atoms with Crippen LogP contribution in [0, 0.1) is 6.92 Å². The Labute approximate surface area is 179 Å². The standard InChI is InChI=1S/C25H27NO3S/c1-20-13-15-24(16-14-20)30(27,28)26-19-25(2,22-11-7-4-8-12-22)29-18-23(26)17-21-9-5-3-6-10-21/h3-16,23H,17-19H2,1-2H3/t23-,25+/m0/s1. The molecule has 1 fully saturated rings. The number of benzene rings is 3. The predicted molar refractivity (Wildman–Crippen MR) is 119 cm³/mol. The fourth-order valence-electron chi connectivity index (χ4n) is 3.97. The van der Waals surface area contributed by atoms with E-state index < -0.39 is 15.6 Å². The van der Waals surface area contributed by atoms with E-state index in [-0.39, 0.29) is 12.6 Å². The number of hydrogen-bond donors (Lipinski definition) is 0. The fourth-order valence-corrected chi connectivity index (χ4v) is 5.67. The van der Waals surface area contributed by atoms with E-state index in [2.05, 4.69) is 0 Å². The molecule has 0 saturated carbocycles. The molecule has 3 aromatic rings. The molecule has 1 aliphatic heterocycles. The van der Waals surface area contributed by atoms with Gasteiger partial charge in [-0.15, -0.1) is 0 Å². The highest BCUT2D eigenvalue weighted by atomic mass is 32.2. The van der Waals surface area contributed by atoms with E-state index in [1.807, 2.05) is 86.6 Å². The molecule has 30 heavy (non-hydrogen) atoms. The highest BCUT2D eigenvalue weighted by Crippen LogP contribution is 2.35. The van der Waals surface area contributed by atoms with Crippen molar-refractivity contribution in [3.05, 3.63) is 102 Å². The van der Waals surface area contributed by atoms with Crippen molar-refractivity contribution in [2.24, 2.45) is 0 Å². The molecule has 5 heteroatoms. The van der Waals surface area contributed by atoms with Crippen molar-refractivity contribution in [2.45, 2.75) is 36.8 Å². The first-order chi connectivity index (χ1) is 14.4. The summed E-state index contributed by atoms with van der Waals surface area (Å²) in [7, 11) is -3.67. The summed E-state index contributed by atoms with van der Waals surface area (Å²) < 4.78 is 35.3. The summed E-state index contributed by atoms with van der Waals surface area (Å²) in [6.07, 6.45) is 0.608. The topological polar surface area (TPSA) is 46.6 Å². The van der Waals surface area contributed by atoms with Gasteiger partial charge in [-0.2, -0.15) is 4.31 Å². The van der Waals surface area contributed by atoms with Gasteiger partial charge in [0.1, 0.15) is 5.60 Å². The van der Waals surface area contributed by atoms with E-state index in [0.29, 0.717) is 17.9 Å². The third-order valence-electron chi connectivity index (χ3n) is 5.79. The van der Waals surface area contributed by atoms with Crippen LogP contribution >= 0.6 is 0 Å². The van der Waals surface area contributed by atoms with Gasteiger partial charge in [-0.05, 0) is 43.5 Å². The summed E-state index contributed by atoms with van der Waals surface area (Å²) >= 11 is 0. The molecule has 0 N–H and O–H groups in total. The van der Waals surface area contributed by atoms with Crippen molar-refractivity contribution >= 4 is 10.0 Å².